The van der Waals surface area contributed by atoms with Gasteiger partial charge in [-0.3, -0.25) is 23.6 Å². The first-order valence-electron chi connectivity index (χ1n) is 10.8. The minimum absolute atomic E-state index is 0.0440. The zero-order valence-corrected chi connectivity index (χ0v) is 18.4. The summed E-state index contributed by atoms with van der Waals surface area (Å²) in [5.74, 6) is 0.0228. The van der Waals surface area contributed by atoms with Crippen molar-refractivity contribution in [1.82, 2.24) is 23.9 Å². The number of fused-ring (bicyclic) bond motifs is 1. The summed E-state index contributed by atoms with van der Waals surface area (Å²) in [4.78, 5) is 39.4. The minimum Gasteiger partial charge on any atom is -0.354 e. The van der Waals surface area contributed by atoms with Crippen molar-refractivity contribution in [2.75, 3.05) is 19.6 Å². The number of aryl methyl sites for hydroxylation is 1. The first-order chi connectivity index (χ1) is 15.3. The fraction of sp³-hybridized carbons (Fsp3) is 0.435. The van der Waals surface area contributed by atoms with Crippen LogP contribution in [-0.4, -0.2) is 44.1 Å². The Bertz CT molecular complexity index is 1250. The molecule has 32 heavy (non-hydrogen) atoms. The quantitative estimate of drug-likeness (QED) is 0.624. The maximum atomic E-state index is 13.4. The van der Waals surface area contributed by atoms with Gasteiger partial charge in [-0.05, 0) is 55.6 Å². The lowest BCUT2D eigenvalue weighted by molar-refractivity contribution is -0.121. The molecule has 0 saturated carbocycles. The maximum absolute atomic E-state index is 13.4. The van der Waals surface area contributed by atoms with E-state index in [-0.39, 0.29) is 23.8 Å². The van der Waals surface area contributed by atoms with Crippen LogP contribution < -0.4 is 16.6 Å². The molecule has 0 radical (unpaired) electrons. The Morgan fingerprint density at radius 2 is 1.88 bits per heavy atom. The highest BCUT2D eigenvalue weighted by Crippen LogP contribution is 2.19. The van der Waals surface area contributed by atoms with E-state index < -0.39 is 5.69 Å². The fourth-order valence-electron chi connectivity index (χ4n) is 4.43. The lowest BCUT2D eigenvalue weighted by Crippen LogP contribution is -2.39. The molecule has 0 spiro atoms. The van der Waals surface area contributed by atoms with Crippen LogP contribution in [0.3, 0.4) is 0 Å². The van der Waals surface area contributed by atoms with Crippen molar-refractivity contribution in [1.29, 1.82) is 0 Å². The van der Waals surface area contributed by atoms with Crippen LogP contribution in [0.4, 0.5) is 4.39 Å². The molecular weight excluding hydrogens is 413 g/mol. The van der Waals surface area contributed by atoms with E-state index in [4.69, 9.17) is 0 Å². The summed E-state index contributed by atoms with van der Waals surface area (Å²) in [6, 6.07) is 8.33. The van der Waals surface area contributed by atoms with Crippen molar-refractivity contribution in [3.63, 3.8) is 0 Å². The third-order valence-corrected chi connectivity index (χ3v) is 6.26. The topological polar surface area (TPSA) is 81.3 Å². The summed E-state index contributed by atoms with van der Waals surface area (Å²) in [6.45, 7) is 3.18. The van der Waals surface area contributed by atoms with Gasteiger partial charge in [0, 0.05) is 33.4 Å². The number of piperidine rings is 1. The van der Waals surface area contributed by atoms with Gasteiger partial charge in [-0.15, -0.1) is 0 Å². The zero-order valence-electron chi connectivity index (χ0n) is 18.4. The van der Waals surface area contributed by atoms with Crippen LogP contribution in [0.25, 0.3) is 11.0 Å². The molecule has 170 valence electrons. The molecular formula is C23H28FN5O3. The highest BCUT2D eigenvalue weighted by atomic mass is 19.1. The molecule has 0 bridgehead atoms. The number of nitrogens with one attached hydrogen (secondary N) is 1. The van der Waals surface area contributed by atoms with E-state index in [2.05, 4.69) is 10.2 Å². The molecule has 1 N–H and O–H groups in total. The number of hydrogen-bond acceptors (Lipinski definition) is 4. The van der Waals surface area contributed by atoms with E-state index in [1.54, 1.807) is 36.0 Å². The van der Waals surface area contributed by atoms with Crippen molar-refractivity contribution in [3.05, 3.63) is 68.7 Å². The van der Waals surface area contributed by atoms with Crippen LogP contribution in [0.1, 0.15) is 18.4 Å². The van der Waals surface area contributed by atoms with Gasteiger partial charge in [0.15, 0.2) is 0 Å². The molecule has 0 aliphatic carbocycles. The molecule has 1 aliphatic rings. The highest BCUT2D eigenvalue weighted by molar-refractivity contribution is 5.80. The van der Waals surface area contributed by atoms with Crippen molar-refractivity contribution < 1.29 is 9.18 Å². The van der Waals surface area contributed by atoms with Gasteiger partial charge in [0.25, 0.3) is 5.56 Å². The Morgan fingerprint density at radius 3 is 2.59 bits per heavy atom. The lowest BCUT2D eigenvalue weighted by atomic mass is 9.96. The van der Waals surface area contributed by atoms with Crippen LogP contribution >= 0.6 is 0 Å². The molecule has 3 heterocycles. The fourth-order valence-corrected chi connectivity index (χ4v) is 4.43. The molecule has 2 aromatic heterocycles. The van der Waals surface area contributed by atoms with Crippen LogP contribution in [0.5, 0.6) is 0 Å². The Balaban J connectivity index is 1.30. The number of carbonyl (C=O) groups excluding carboxylic acids is 1. The summed E-state index contributed by atoms with van der Waals surface area (Å²) < 4.78 is 17.5. The van der Waals surface area contributed by atoms with Gasteiger partial charge >= 0.3 is 5.69 Å². The van der Waals surface area contributed by atoms with Gasteiger partial charge in [-0.2, -0.15) is 0 Å². The predicted molar refractivity (Wildman–Crippen MR) is 120 cm³/mol. The van der Waals surface area contributed by atoms with E-state index >= 15 is 0 Å². The Morgan fingerprint density at radius 1 is 1.12 bits per heavy atom. The molecule has 1 saturated heterocycles. The number of rotatable bonds is 6. The average molecular weight is 442 g/mol. The summed E-state index contributed by atoms with van der Waals surface area (Å²) in [5.41, 5.74) is 0.624. The SMILES string of the molecule is Cn1c(=O)c2ccn(CC(=O)NCC3CCN(Cc4cccc(F)c4)CC3)c2n(C)c1=O. The molecule has 9 heteroatoms. The molecule has 0 unspecified atom stereocenters. The van der Waals surface area contributed by atoms with Crippen LogP contribution in [0.15, 0.2) is 46.1 Å². The van der Waals surface area contributed by atoms with Gasteiger partial charge in [0.1, 0.15) is 18.0 Å². The second-order valence-corrected chi connectivity index (χ2v) is 8.54. The van der Waals surface area contributed by atoms with Crippen LogP contribution in [-0.2, 0) is 32.0 Å². The van der Waals surface area contributed by atoms with Crippen molar-refractivity contribution >= 4 is 16.9 Å². The van der Waals surface area contributed by atoms with E-state index in [0.29, 0.717) is 23.5 Å². The van der Waals surface area contributed by atoms with E-state index in [1.165, 1.54) is 17.7 Å². The first kappa shape index (κ1) is 22.0. The van der Waals surface area contributed by atoms with Crippen LogP contribution in [0.2, 0.25) is 0 Å². The van der Waals surface area contributed by atoms with Crippen molar-refractivity contribution in [3.8, 4) is 0 Å². The summed E-state index contributed by atoms with van der Waals surface area (Å²) in [5, 5.41) is 3.40. The number of aromatic nitrogens is 3. The standard InChI is InChI=1S/C23H28FN5O3/c1-26-21-19(22(31)27(2)23(26)32)8-11-29(21)15-20(30)25-13-16-6-9-28(10-7-16)14-17-4-3-5-18(24)12-17/h3-5,8,11-12,16H,6-7,9-10,13-15H2,1-2H3,(H,25,30). The number of halogens is 1. The third kappa shape index (κ3) is 4.52. The third-order valence-electron chi connectivity index (χ3n) is 6.26. The molecule has 0 atom stereocenters. The molecule has 8 nitrogen and oxygen atoms in total. The summed E-state index contributed by atoms with van der Waals surface area (Å²) in [7, 11) is 3.04. The Labute approximate surface area is 184 Å². The molecule has 4 rings (SSSR count). The Kier molecular flexibility index (Phi) is 6.27. The average Bonchev–Trinajstić information content (AvgIpc) is 3.19. The molecule has 1 aliphatic heterocycles. The lowest BCUT2D eigenvalue weighted by Gasteiger charge is -2.32. The summed E-state index contributed by atoms with van der Waals surface area (Å²) in [6.07, 6.45) is 3.59. The molecule has 1 aromatic carbocycles. The minimum atomic E-state index is -0.423. The molecule has 3 aromatic rings. The van der Waals surface area contributed by atoms with Crippen molar-refractivity contribution in [2.45, 2.75) is 25.9 Å². The van der Waals surface area contributed by atoms with Gasteiger partial charge in [-0.1, -0.05) is 12.1 Å². The second kappa shape index (κ2) is 9.12. The normalized spacial score (nSPS) is 15.3. The van der Waals surface area contributed by atoms with Gasteiger partial charge in [-0.25, -0.2) is 9.18 Å². The predicted octanol–water partition coefficient (Wildman–Crippen LogP) is 1.21. The number of carbonyl (C=O) groups is 1. The van der Waals surface area contributed by atoms with Gasteiger partial charge in [0.05, 0.1) is 5.39 Å². The largest absolute Gasteiger partial charge is 0.354 e. The smallest absolute Gasteiger partial charge is 0.332 e. The van der Waals surface area contributed by atoms with Crippen molar-refractivity contribution in [2.24, 2.45) is 20.0 Å². The van der Waals surface area contributed by atoms with Gasteiger partial charge in [0.2, 0.25) is 5.91 Å². The molecule has 1 amide bonds. The van der Waals surface area contributed by atoms with E-state index in [1.807, 2.05) is 6.07 Å². The number of hydrogen-bond donors (Lipinski definition) is 1. The number of nitrogens with zero attached hydrogens (tertiary/aromatic N) is 4. The zero-order chi connectivity index (χ0) is 22.8. The number of amides is 1. The summed E-state index contributed by atoms with van der Waals surface area (Å²) >= 11 is 0. The maximum Gasteiger partial charge on any atom is 0.332 e. The highest BCUT2D eigenvalue weighted by Gasteiger charge is 2.20. The Hall–Kier alpha value is -3.20. The van der Waals surface area contributed by atoms with Gasteiger partial charge < -0.3 is 9.88 Å². The van der Waals surface area contributed by atoms with Crippen LogP contribution in [0, 0.1) is 11.7 Å². The molecule has 1 fully saturated rings. The second-order valence-electron chi connectivity index (χ2n) is 8.54. The first-order valence-corrected chi connectivity index (χ1v) is 10.8. The number of likely N-dealkylation sites (tertiary alicyclic amines) is 1. The van der Waals surface area contributed by atoms with E-state index in [9.17, 15) is 18.8 Å². The van der Waals surface area contributed by atoms with E-state index in [0.717, 1.165) is 42.6 Å². The number of benzene rings is 1. The monoisotopic (exact) mass is 441 g/mol.